The Morgan fingerprint density at radius 3 is 2.95 bits per heavy atom. The number of nitrogens with zero attached hydrogens (tertiary/aromatic N) is 5. The zero-order valence-electron chi connectivity index (χ0n) is 9.78. The molecule has 3 N–H and O–H groups in total. The summed E-state index contributed by atoms with van der Waals surface area (Å²) in [5.41, 5.74) is 7.23. The minimum atomic E-state index is 0.292. The second-order valence-electron chi connectivity index (χ2n) is 3.81. The van der Waals surface area contributed by atoms with Crippen LogP contribution in [0.5, 0.6) is 0 Å². The predicted molar refractivity (Wildman–Crippen MR) is 69.6 cm³/mol. The minimum absolute atomic E-state index is 0.292. The van der Waals surface area contributed by atoms with Crippen LogP contribution in [-0.4, -0.2) is 19.6 Å². The molecule has 3 rings (SSSR count). The topological polar surface area (TPSA) is 105 Å². The smallest absolute Gasteiger partial charge is 0.179 e. The van der Waals surface area contributed by atoms with Crippen LogP contribution in [0.1, 0.15) is 5.69 Å². The van der Waals surface area contributed by atoms with Crippen LogP contribution in [0.25, 0.3) is 5.65 Å². The van der Waals surface area contributed by atoms with Gasteiger partial charge in [0.2, 0.25) is 0 Å². The summed E-state index contributed by atoms with van der Waals surface area (Å²) in [5, 5.41) is 16.1. The molecule has 7 nitrogen and oxygen atoms in total. The summed E-state index contributed by atoms with van der Waals surface area (Å²) in [6.45, 7) is 0. The van der Waals surface area contributed by atoms with Crippen molar-refractivity contribution in [3.63, 3.8) is 0 Å². The van der Waals surface area contributed by atoms with Crippen LogP contribution in [0, 0.1) is 11.3 Å². The number of imidazole rings is 1. The maximum absolute atomic E-state index is 8.97. The van der Waals surface area contributed by atoms with Crippen molar-refractivity contribution in [1.29, 1.82) is 5.26 Å². The number of anilines is 3. The highest BCUT2D eigenvalue weighted by atomic mass is 15.3. The number of nitrogens with one attached hydrogen (secondary N) is 1. The fourth-order valence-corrected chi connectivity index (χ4v) is 1.73. The molecule has 0 fully saturated rings. The Balaban J connectivity index is 2.14. The van der Waals surface area contributed by atoms with E-state index in [0.717, 1.165) is 0 Å². The van der Waals surface area contributed by atoms with Gasteiger partial charge in [-0.25, -0.2) is 9.97 Å². The van der Waals surface area contributed by atoms with Gasteiger partial charge in [0.1, 0.15) is 17.7 Å². The van der Waals surface area contributed by atoms with E-state index in [1.165, 1.54) is 10.7 Å². The number of fused-ring (bicyclic) bond motifs is 1. The normalized spacial score (nSPS) is 10.3. The first kappa shape index (κ1) is 11.0. The Labute approximate surface area is 108 Å². The lowest BCUT2D eigenvalue weighted by Gasteiger charge is -2.07. The molecule has 3 aromatic rings. The zero-order valence-corrected chi connectivity index (χ0v) is 9.78. The number of nitrogen functional groups attached to an aromatic ring is 1. The van der Waals surface area contributed by atoms with E-state index in [4.69, 9.17) is 11.0 Å². The van der Waals surface area contributed by atoms with Gasteiger partial charge in [-0.15, -0.1) is 5.10 Å². The van der Waals surface area contributed by atoms with Crippen molar-refractivity contribution in [3.05, 3.63) is 42.4 Å². The Morgan fingerprint density at radius 1 is 1.32 bits per heavy atom. The molecule has 0 atom stereocenters. The summed E-state index contributed by atoms with van der Waals surface area (Å²) in [4.78, 5) is 8.32. The Kier molecular flexibility index (Phi) is 2.47. The van der Waals surface area contributed by atoms with E-state index >= 15 is 0 Å². The lowest BCUT2D eigenvalue weighted by Crippen LogP contribution is -2.04. The van der Waals surface area contributed by atoms with Crippen molar-refractivity contribution in [2.24, 2.45) is 0 Å². The van der Waals surface area contributed by atoms with Gasteiger partial charge in [0.25, 0.3) is 0 Å². The molecule has 7 heteroatoms. The van der Waals surface area contributed by atoms with Crippen molar-refractivity contribution in [1.82, 2.24) is 19.6 Å². The fraction of sp³-hybridized carbons (Fsp3) is 0. The molecule has 0 aliphatic carbocycles. The second-order valence-corrected chi connectivity index (χ2v) is 3.81. The molecule has 0 aliphatic rings. The first-order chi connectivity index (χ1) is 9.28. The Morgan fingerprint density at radius 2 is 2.21 bits per heavy atom. The van der Waals surface area contributed by atoms with E-state index in [0.29, 0.717) is 28.7 Å². The Bertz CT molecular complexity index is 770. The lowest BCUT2D eigenvalue weighted by molar-refractivity contribution is 0.931. The highest BCUT2D eigenvalue weighted by molar-refractivity contribution is 5.74. The van der Waals surface area contributed by atoms with Gasteiger partial charge in [0, 0.05) is 12.3 Å². The van der Waals surface area contributed by atoms with E-state index in [1.807, 2.05) is 24.3 Å². The molecule has 0 spiro atoms. The molecule has 19 heavy (non-hydrogen) atoms. The molecule has 0 bridgehead atoms. The number of hydrogen-bond donors (Lipinski definition) is 2. The van der Waals surface area contributed by atoms with Crippen LogP contribution < -0.4 is 11.1 Å². The van der Waals surface area contributed by atoms with Crippen LogP contribution in [0.2, 0.25) is 0 Å². The first-order valence-electron chi connectivity index (χ1n) is 5.50. The summed E-state index contributed by atoms with van der Waals surface area (Å²) in [6, 6.07) is 9.17. The minimum Gasteiger partial charge on any atom is -0.382 e. The van der Waals surface area contributed by atoms with Crippen molar-refractivity contribution in [2.75, 3.05) is 11.1 Å². The highest BCUT2D eigenvalue weighted by Crippen LogP contribution is 2.21. The summed E-state index contributed by atoms with van der Waals surface area (Å²) < 4.78 is 1.40. The molecule has 0 aromatic carbocycles. The molecule has 0 aliphatic heterocycles. The molecule has 0 saturated heterocycles. The van der Waals surface area contributed by atoms with Gasteiger partial charge >= 0.3 is 0 Å². The summed E-state index contributed by atoms with van der Waals surface area (Å²) >= 11 is 0. The molecule has 3 heterocycles. The quantitative estimate of drug-likeness (QED) is 0.711. The van der Waals surface area contributed by atoms with E-state index in [9.17, 15) is 0 Å². The average molecular weight is 251 g/mol. The zero-order chi connectivity index (χ0) is 13.2. The van der Waals surface area contributed by atoms with Gasteiger partial charge < -0.3 is 11.1 Å². The van der Waals surface area contributed by atoms with E-state index < -0.39 is 0 Å². The van der Waals surface area contributed by atoms with Gasteiger partial charge in [-0.1, -0.05) is 6.07 Å². The van der Waals surface area contributed by atoms with Crippen LogP contribution in [-0.2, 0) is 0 Å². The third-order valence-corrected chi connectivity index (χ3v) is 2.53. The number of pyridine rings is 1. The molecule has 92 valence electrons. The highest BCUT2D eigenvalue weighted by Gasteiger charge is 2.10. The van der Waals surface area contributed by atoms with Gasteiger partial charge in [-0.05, 0) is 12.1 Å². The Hall–Kier alpha value is -3.14. The number of aromatic nitrogens is 4. The SMILES string of the molecule is N#Cc1cnc2c(Nc3ccccn3)cc(N)nn12. The summed E-state index contributed by atoms with van der Waals surface area (Å²) in [5.74, 6) is 0.955. The molecule has 3 aromatic heterocycles. The van der Waals surface area contributed by atoms with Gasteiger partial charge in [-0.2, -0.15) is 9.78 Å². The van der Waals surface area contributed by atoms with Gasteiger partial charge in [0.15, 0.2) is 11.3 Å². The molecule has 0 unspecified atom stereocenters. The van der Waals surface area contributed by atoms with Crippen LogP contribution >= 0.6 is 0 Å². The molecule has 0 radical (unpaired) electrons. The van der Waals surface area contributed by atoms with Crippen molar-refractivity contribution in [3.8, 4) is 6.07 Å². The molecule has 0 amide bonds. The third kappa shape index (κ3) is 1.91. The third-order valence-electron chi connectivity index (χ3n) is 2.53. The van der Waals surface area contributed by atoms with Crippen molar-refractivity contribution in [2.45, 2.75) is 0 Å². The van der Waals surface area contributed by atoms with Crippen molar-refractivity contribution < 1.29 is 0 Å². The van der Waals surface area contributed by atoms with Crippen molar-refractivity contribution >= 4 is 23.0 Å². The van der Waals surface area contributed by atoms with E-state index in [1.54, 1.807) is 12.3 Å². The second kappa shape index (κ2) is 4.27. The first-order valence-corrected chi connectivity index (χ1v) is 5.50. The monoisotopic (exact) mass is 251 g/mol. The van der Waals surface area contributed by atoms with Crippen LogP contribution in [0.3, 0.4) is 0 Å². The predicted octanol–water partition coefficient (Wildman–Crippen LogP) is 1.32. The maximum atomic E-state index is 8.97. The van der Waals surface area contributed by atoms with E-state index in [2.05, 4.69) is 20.4 Å². The number of nitrogens with two attached hydrogens (primary N) is 1. The number of nitriles is 1. The summed E-state index contributed by atoms with van der Waals surface area (Å²) in [7, 11) is 0. The van der Waals surface area contributed by atoms with Crippen LogP contribution in [0.15, 0.2) is 36.7 Å². The van der Waals surface area contributed by atoms with Gasteiger partial charge in [0.05, 0.1) is 11.9 Å². The molecular formula is C12H9N7. The molecular weight excluding hydrogens is 242 g/mol. The standard InChI is InChI=1S/C12H9N7/c13-6-8-7-16-12-9(5-10(14)18-19(8)12)17-11-3-1-2-4-15-11/h1-5,7H,(H2,14,18)(H,15,17). The lowest BCUT2D eigenvalue weighted by atomic mass is 10.4. The largest absolute Gasteiger partial charge is 0.382 e. The van der Waals surface area contributed by atoms with Gasteiger partial charge in [-0.3, -0.25) is 0 Å². The van der Waals surface area contributed by atoms with E-state index in [-0.39, 0.29) is 0 Å². The average Bonchev–Trinajstić information content (AvgIpc) is 2.83. The number of hydrogen-bond acceptors (Lipinski definition) is 6. The maximum Gasteiger partial charge on any atom is 0.179 e. The summed E-state index contributed by atoms with van der Waals surface area (Å²) in [6.07, 6.45) is 3.13. The van der Waals surface area contributed by atoms with Crippen LogP contribution in [0.4, 0.5) is 17.3 Å². The number of rotatable bonds is 2. The fourth-order valence-electron chi connectivity index (χ4n) is 1.73. The molecule has 0 saturated carbocycles.